The summed E-state index contributed by atoms with van der Waals surface area (Å²) in [6, 6.07) is 0.493. The van der Waals surface area contributed by atoms with Crippen LogP contribution >= 0.6 is 0 Å². The first-order chi connectivity index (χ1) is 9.79. The molecule has 2 aliphatic rings. The molecule has 0 aromatic carbocycles. The van der Waals surface area contributed by atoms with Crippen LogP contribution in [0.1, 0.15) is 32.1 Å². The number of ether oxygens (including phenoxy) is 1. The number of hydrogen-bond donors (Lipinski definition) is 2. The van der Waals surface area contributed by atoms with Gasteiger partial charge in [-0.05, 0) is 38.1 Å². The maximum Gasteiger partial charge on any atom is 0.234 e. The van der Waals surface area contributed by atoms with Crippen molar-refractivity contribution >= 4 is 5.91 Å². The van der Waals surface area contributed by atoms with Crippen molar-refractivity contribution in [3.8, 4) is 0 Å². The normalized spacial score (nSPS) is 23.8. The molecule has 0 spiro atoms. The fourth-order valence-corrected chi connectivity index (χ4v) is 2.76. The molecule has 1 aliphatic heterocycles. The van der Waals surface area contributed by atoms with E-state index < -0.39 is 0 Å². The minimum absolute atomic E-state index is 0.195. The Balaban J connectivity index is 1.66. The van der Waals surface area contributed by atoms with E-state index in [2.05, 4.69) is 15.5 Å². The number of rotatable bonds is 9. The Morgan fingerprint density at radius 2 is 2.10 bits per heavy atom. The summed E-state index contributed by atoms with van der Waals surface area (Å²) in [7, 11) is 1.72. The minimum atomic E-state index is 0.195. The van der Waals surface area contributed by atoms with Crippen LogP contribution in [0.15, 0.2) is 0 Å². The smallest absolute Gasteiger partial charge is 0.234 e. The highest BCUT2D eigenvalue weighted by molar-refractivity contribution is 5.78. The summed E-state index contributed by atoms with van der Waals surface area (Å²) in [5.74, 6) is 0.951. The molecule has 1 aliphatic carbocycles. The maximum absolute atomic E-state index is 12.0. The van der Waals surface area contributed by atoms with E-state index in [1.54, 1.807) is 7.11 Å². The summed E-state index contributed by atoms with van der Waals surface area (Å²) >= 11 is 0. The lowest BCUT2D eigenvalue weighted by Gasteiger charge is -2.35. The van der Waals surface area contributed by atoms with Gasteiger partial charge in [-0.15, -0.1) is 0 Å². The summed E-state index contributed by atoms with van der Waals surface area (Å²) < 4.78 is 5.04. The van der Waals surface area contributed by atoms with Crippen molar-refractivity contribution in [3.05, 3.63) is 0 Å². The van der Waals surface area contributed by atoms with E-state index in [9.17, 15) is 4.79 Å². The SMILES string of the molecule is COCCNCC1CCCCN1CC(=O)NCC1CC1. The highest BCUT2D eigenvalue weighted by atomic mass is 16.5. The lowest BCUT2D eigenvalue weighted by atomic mass is 10.0. The number of piperidine rings is 1. The van der Waals surface area contributed by atoms with Crippen LogP contribution in [0, 0.1) is 5.92 Å². The van der Waals surface area contributed by atoms with Crippen molar-refractivity contribution in [3.63, 3.8) is 0 Å². The number of amides is 1. The first kappa shape index (κ1) is 15.7. The molecule has 20 heavy (non-hydrogen) atoms. The molecule has 1 saturated heterocycles. The number of carbonyl (C=O) groups excluding carboxylic acids is 1. The van der Waals surface area contributed by atoms with Crippen molar-refractivity contribution in [1.82, 2.24) is 15.5 Å². The molecule has 2 fully saturated rings. The minimum Gasteiger partial charge on any atom is -0.383 e. The second kappa shape index (κ2) is 8.60. The Morgan fingerprint density at radius 3 is 2.85 bits per heavy atom. The van der Waals surface area contributed by atoms with Crippen LogP contribution in [0.2, 0.25) is 0 Å². The van der Waals surface area contributed by atoms with Gasteiger partial charge in [0.1, 0.15) is 0 Å². The number of hydrogen-bond acceptors (Lipinski definition) is 4. The zero-order valence-corrected chi connectivity index (χ0v) is 12.7. The van der Waals surface area contributed by atoms with Gasteiger partial charge in [0.15, 0.2) is 0 Å². The molecule has 0 bridgehead atoms. The van der Waals surface area contributed by atoms with Gasteiger partial charge in [0.2, 0.25) is 5.91 Å². The van der Waals surface area contributed by atoms with E-state index in [0.29, 0.717) is 12.6 Å². The first-order valence-corrected chi connectivity index (χ1v) is 8.00. The Morgan fingerprint density at radius 1 is 1.25 bits per heavy atom. The van der Waals surface area contributed by atoms with Crippen molar-refractivity contribution in [2.45, 2.75) is 38.1 Å². The lowest BCUT2D eigenvalue weighted by Crippen LogP contribution is -2.49. The summed E-state index contributed by atoms with van der Waals surface area (Å²) in [5.41, 5.74) is 0. The highest BCUT2D eigenvalue weighted by Crippen LogP contribution is 2.27. The third kappa shape index (κ3) is 5.77. The van der Waals surface area contributed by atoms with Gasteiger partial charge < -0.3 is 15.4 Å². The summed E-state index contributed by atoms with van der Waals surface area (Å²) in [5, 5.41) is 6.49. The van der Waals surface area contributed by atoms with Gasteiger partial charge >= 0.3 is 0 Å². The number of methoxy groups -OCH3 is 1. The Labute approximate surface area is 122 Å². The molecule has 2 N–H and O–H groups in total. The second-order valence-corrected chi connectivity index (χ2v) is 6.06. The fraction of sp³-hybridized carbons (Fsp3) is 0.933. The third-order valence-electron chi connectivity index (χ3n) is 4.24. The average molecular weight is 283 g/mol. The van der Waals surface area contributed by atoms with Crippen molar-refractivity contribution < 1.29 is 9.53 Å². The van der Waals surface area contributed by atoms with Crippen LogP contribution in [-0.2, 0) is 9.53 Å². The summed E-state index contributed by atoms with van der Waals surface area (Å²) in [6.45, 7) is 5.07. The molecule has 0 aromatic rings. The summed E-state index contributed by atoms with van der Waals surface area (Å²) in [4.78, 5) is 14.3. The molecule has 1 amide bonds. The number of nitrogens with one attached hydrogen (secondary N) is 2. The van der Waals surface area contributed by atoms with E-state index in [1.807, 2.05) is 0 Å². The van der Waals surface area contributed by atoms with E-state index in [4.69, 9.17) is 4.74 Å². The third-order valence-corrected chi connectivity index (χ3v) is 4.24. The molecule has 1 unspecified atom stereocenters. The standard InChI is InChI=1S/C15H29N3O2/c1-20-9-7-16-11-14-4-2-3-8-18(14)12-15(19)17-10-13-5-6-13/h13-14,16H,2-12H2,1H3,(H,17,19). The van der Waals surface area contributed by atoms with Gasteiger partial charge in [-0.2, -0.15) is 0 Å². The second-order valence-electron chi connectivity index (χ2n) is 6.06. The van der Waals surface area contributed by atoms with Crippen LogP contribution in [0.5, 0.6) is 0 Å². The predicted molar refractivity (Wildman–Crippen MR) is 79.7 cm³/mol. The van der Waals surface area contributed by atoms with Gasteiger partial charge in [-0.1, -0.05) is 6.42 Å². The molecule has 0 radical (unpaired) electrons. The van der Waals surface area contributed by atoms with Crippen LogP contribution in [0.3, 0.4) is 0 Å². The quantitative estimate of drug-likeness (QED) is 0.609. The molecule has 2 rings (SSSR count). The average Bonchev–Trinajstić information content (AvgIpc) is 3.27. The maximum atomic E-state index is 12.0. The van der Waals surface area contributed by atoms with Gasteiger partial charge in [0.05, 0.1) is 13.2 Å². The van der Waals surface area contributed by atoms with E-state index in [-0.39, 0.29) is 5.91 Å². The van der Waals surface area contributed by atoms with Crippen molar-refractivity contribution in [2.75, 3.05) is 46.4 Å². The van der Waals surface area contributed by atoms with Crippen molar-refractivity contribution in [1.29, 1.82) is 0 Å². The molecule has 1 heterocycles. The zero-order chi connectivity index (χ0) is 14.2. The Bertz CT molecular complexity index is 295. The topological polar surface area (TPSA) is 53.6 Å². The van der Waals surface area contributed by atoms with Gasteiger partial charge in [-0.3, -0.25) is 9.69 Å². The molecule has 1 atom stereocenters. The Kier molecular flexibility index (Phi) is 6.76. The Hall–Kier alpha value is -0.650. The molecular weight excluding hydrogens is 254 g/mol. The fourth-order valence-electron chi connectivity index (χ4n) is 2.76. The van der Waals surface area contributed by atoms with E-state index in [1.165, 1.54) is 32.1 Å². The van der Waals surface area contributed by atoms with Gasteiger partial charge in [0, 0.05) is 32.8 Å². The van der Waals surface area contributed by atoms with Crippen LogP contribution < -0.4 is 10.6 Å². The molecule has 5 nitrogen and oxygen atoms in total. The van der Waals surface area contributed by atoms with Gasteiger partial charge in [0.25, 0.3) is 0 Å². The molecular formula is C15H29N3O2. The van der Waals surface area contributed by atoms with E-state index in [0.717, 1.165) is 38.7 Å². The molecule has 0 aromatic heterocycles. The number of carbonyl (C=O) groups is 1. The number of nitrogens with zero attached hydrogens (tertiary/aromatic N) is 1. The predicted octanol–water partition coefficient (Wildman–Crippen LogP) is 0.603. The monoisotopic (exact) mass is 283 g/mol. The molecule has 116 valence electrons. The van der Waals surface area contributed by atoms with Crippen molar-refractivity contribution in [2.24, 2.45) is 5.92 Å². The van der Waals surface area contributed by atoms with Crippen LogP contribution in [-0.4, -0.2) is 63.3 Å². The van der Waals surface area contributed by atoms with Crippen LogP contribution in [0.25, 0.3) is 0 Å². The lowest BCUT2D eigenvalue weighted by molar-refractivity contribution is -0.123. The zero-order valence-electron chi connectivity index (χ0n) is 12.7. The molecule has 5 heteroatoms. The van der Waals surface area contributed by atoms with E-state index >= 15 is 0 Å². The molecule has 1 saturated carbocycles. The summed E-state index contributed by atoms with van der Waals surface area (Å²) in [6.07, 6.45) is 6.25. The first-order valence-electron chi connectivity index (χ1n) is 8.00. The van der Waals surface area contributed by atoms with Crippen LogP contribution in [0.4, 0.5) is 0 Å². The highest BCUT2D eigenvalue weighted by Gasteiger charge is 2.25. The van der Waals surface area contributed by atoms with Gasteiger partial charge in [-0.25, -0.2) is 0 Å². The number of likely N-dealkylation sites (tertiary alicyclic amines) is 1. The largest absolute Gasteiger partial charge is 0.383 e.